The zero-order valence-corrected chi connectivity index (χ0v) is 16.6. The van der Waals surface area contributed by atoms with Crippen LogP contribution in [-0.2, 0) is 14.3 Å². The van der Waals surface area contributed by atoms with Gasteiger partial charge in [0.25, 0.3) is 0 Å². The summed E-state index contributed by atoms with van der Waals surface area (Å²) in [6, 6.07) is 5.04. The van der Waals surface area contributed by atoms with Gasteiger partial charge >= 0.3 is 12.1 Å². The van der Waals surface area contributed by atoms with Gasteiger partial charge in [0.15, 0.2) is 0 Å². The fourth-order valence-corrected chi connectivity index (χ4v) is 2.95. The maximum absolute atomic E-state index is 12.0. The molecule has 142 valence electrons. The first-order valence-corrected chi connectivity index (χ1v) is 9.21. The Morgan fingerprint density at radius 2 is 1.85 bits per heavy atom. The van der Waals surface area contributed by atoms with Crippen LogP contribution in [0.1, 0.15) is 39.2 Å². The number of hydrogen-bond donors (Lipinski definition) is 0. The predicted molar refractivity (Wildman–Crippen MR) is 102 cm³/mol. The third-order valence-electron chi connectivity index (χ3n) is 3.74. The van der Waals surface area contributed by atoms with E-state index in [1.54, 1.807) is 29.2 Å². The van der Waals surface area contributed by atoms with E-state index in [-0.39, 0.29) is 12.2 Å². The minimum atomic E-state index is -0.520. The number of amides is 1. The second kappa shape index (κ2) is 8.78. The van der Waals surface area contributed by atoms with E-state index >= 15 is 0 Å². The van der Waals surface area contributed by atoms with Crippen molar-refractivity contribution >= 4 is 41.3 Å². The number of carbonyl (C=O) groups is 2. The molecule has 0 aromatic heterocycles. The molecule has 1 heterocycles. The van der Waals surface area contributed by atoms with E-state index < -0.39 is 11.6 Å². The average molecular weight is 400 g/mol. The summed E-state index contributed by atoms with van der Waals surface area (Å²) >= 11 is 11.9. The molecule has 1 saturated heterocycles. The van der Waals surface area contributed by atoms with E-state index in [9.17, 15) is 9.59 Å². The molecule has 0 N–H and O–H groups in total. The van der Waals surface area contributed by atoms with Crippen LogP contribution in [0.2, 0.25) is 10.0 Å². The first kappa shape index (κ1) is 20.6. The number of benzene rings is 1. The van der Waals surface area contributed by atoms with Crippen LogP contribution in [0.3, 0.4) is 0 Å². The van der Waals surface area contributed by atoms with Gasteiger partial charge in [-0.3, -0.25) is 0 Å². The SMILES string of the molecule is CC(C)(C)OC(=O)N1CCC(OC(=O)/C=C/c2ccc(Cl)cc2Cl)CC1. The van der Waals surface area contributed by atoms with E-state index in [1.165, 1.54) is 6.08 Å². The Morgan fingerprint density at radius 3 is 2.42 bits per heavy atom. The molecule has 0 aliphatic carbocycles. The van der Waals surface area contributed by atoms with Gasteiger partial charge < -0.3 is 14.4 Å². The number of esters is 1. The molecule has 1 amide bonds. The number of likely N-dealkylation sites (tertiary alicyclic amines) is 1. The Bertz CT molecular complexity index is 689. The highest BCUT2D eigenvalue weighted by molar-refractivity contribution is 6.35. The predicted octanol–water partition coefficient (Wildman–Crippen LogP) is 4.95. The summed E-state index contributed by atoms with van der Waals surface area (Å²) in [5.41, 5.74) is 0.168. The summed E-state index contributed by atoms with van der Waals surface area (Å²) < 4.78 is 10.8. The quantitative estimate of drug-likeness (QED) is 0.532. The average Bonchev–Trinajstić information content (AvgIpc) is 2.53. The minimum absolute atomic E-state index is 0.216. The highest BCUT2D eigenvalue weighted by atomic mass is 35.5. The second-order valence-electron chi connectivity index (χ2n) is 7.10. The van der Waals surface area contributed by atoms with Crippen LogP contribution >= 0.6 is 23.2 Å². The standard InChI is InChI=1S/C19H23Cl2NO4/c1-19(2,3)26-18(24)22-10-8-15(9-11-22)25-17(23)7-5-13-4-6-14(20)12-16(13)21/h4-7,12,15H,8-11H2,1-3H3/b7-5+. The molecule has 2 rings (SSSR count). The van der Waals surface area contributed by atoms with Crippen LogP contribution in [0.15, 0.2) is 24.3 Å². The van der Waals surface area contributed by atoms with Crippen LogP contribution in [0, 0.1) is 0 Å². The summed E-state index contributed by atoms with van der Waals surface area (Å²) in [4.78, 5) is 25.6. The van der Waals surface area contributed by atoms with Gasteiger partial charge in [0.1, 0.15) is 11.7 Å². The van der Waals surface area contributed by atoms with Crippen molar-refractivity contribution in [1.82, 2.24) is 4.90 Å². The Labute approximate surface area is 163 Å². The molecular formula is C19H23Cl2NO4. The summed E-state index contributed by atoms with van der Waals surface area (Å²) in [5, 5.41) is 0.999. The molecule has 26 heavy (non-hydrogen) atoms. The maximum Gasteiger partial charge on any atom is 0.410 e. The lowest BCUT2D eigenvalue weighted by atomic mass is 10.1. The van der Waals surface area contributed by atoms with E-state index in [4.69, 9.17) is 32.7 Å². The Balaban J connectivity index is 1.81. The zero-order valence-electron chi connectivity index (χ0n) is 15.1. The fourth-order valence-electron chi connectivity index (χ4n) is 2.48. The molecule has 1 aromatic rings. The molecule has 1 aromatic carbocycles. The summed E-state index contributed by atoms with van der Waals surface area (Å²) in [6.45, 7) is 6.50. The highest BCUT2D eigenvalue weighted by Gasteiger charge is 2.28. The van der Waals surface area contributed by atoms with E-state index in [0.717, 1.165) is 0 Å². The highest BCUT2D eigenvalue weighted by Crippen LogP contribution is 2.22. The van der Waals surface area contributed by atoms with Crippen molar-refractivity contribution in [3.8, 4) is 0 Å². The normalized spacial score (nSPS) is 16.0. The Kier molecular flexibility index (Phi) is 6.95. The third kappa shape index (κ3) is 6.54. The molecule has 0 bridgehead atoms. The van der Waals surface area contributed by atoms with E-state index in [2.05, 4.69) is 0 Å². The molecule has 1 aliphatic heterocycles. The summed E-state index contributed by atoms with van der Waals surface area (Å²) in [5.74, 6) is -0.438. The number of rotatable bonds is 3. The van der Waals surface area contributed by atoms with Crippen LogP contribution in [0.5, 0.6) is 0 Å². The van der Waals surface area contributed by atoms with Crippen molar-refractivity contribution in [3.05, 3.63) is 39.9 Å². The van der Waals surface area contributed by atoms with Gasteiger partial charge in [0.2, 0.25) is 0 Å². The number of halogens is 2. The van der Waals surface area contributed by atoms with Crippen molar-refractivity contribution < 1.29 is 19.1 Å². The first-order valence-electron chi connectivity index (χ1n) is 8.46. The van der Waals surface area contributed by atoms with Gasteiger partial charge in [-0.05, 0) is 44.5 Å². The molecule has 0 radical (unpaired) electrons. The lowest BCUT2D eigenvalue weighted by Crippen LogP contribution is -2.43. The van der Waals surface area contributed by atoms with Crippen LogP contribution in [0.25, 0.3) is 6.08 Å². The van der Waals surface area contributed by atoms with Gasteiger partial charge in [-0.25, -0.2) is 9.59 Å². The molecule has 1 aliphatic rings. The molecular weight excluding hydrogens is 377 g/mol. The van der Waals surface area contributed by atoms with Crippen LogP contribution in [-0.4, -0.2) is 41.8 Å². The zero-order chi connectivity index (χ0) is 19.3. The van der Waals surface area contributed by atoms with Gasteiger partial charge in [0.05, 0.1) is 0 Å². The largest absolute Gasteiger partial charge is 0.459 e. The number of ether oxygens (including phenoxy) is 2. The Hall–Kier alpha value is -1.72. The van der Waals surface area contributed by atoms with Gasteiger partial charge in [0, 0.05) is 42.1 Å². The van der Waals surface area contributed by atoms with Crippen molar-refractivity contribution in [2.75, 3.05) is 13.1 Å². The first-order chi connectivity index (χ1) is 12.1. The third-order valence-corrected chi connectivity index (χ3v) is 4.30. The molecule has 1 fully saturated rings. The van der Waals surface area contributed by atoms with Crippen LogP contribution < -0.4 is 0 Å². The Morgan fingerprint density at radius 1 is 1.19 bits per heavy atom. The fraction of sp³-hybridized carbons (Fsp3) is 0.474. The van der Waals surface area contributed by atoms with Gasteiger partial charge in [-0.2, -0.15) is 0 Å². The molecule has 0 atom stereocenters. The summed E-state index contributed by atoms with van der Waals surface area (Å²) in [7, 11) is 0. The van der Waals surface area contributed by atoms with Crippen molar-refractivity contribution in [2.24, 2.45) is 0 Å². The lowest BCUT2D eigenvalue weighted by molar-refractivity contribution is -0.144. The number of carbonyl (C=O) groups excluding carboxylic acids is 2. The smallest absolute Gasteiger partial charge is 0.410 e. The van der Waals surface area contributed by atoms with Crippen molar-refractivity contribution in [2.45, 2.75) is 45.3 Å². The number of hydrogen-bond acceptors (Lipinski definition) is 4. The van der Waals surface area contributed by atoms with Gasteiger partial charge in [-0.15, -0.1) is 0 Å². The molecule has 5 nitrogen and oxygen atoms in total. The molecule has 0 saturated carbocycles. The monoisotopic (exact) mass is 399 g/mol. The molecule has 7 heteroatoms. The summed E-state index contributed by atoms with van der Waals surface area (Å²) in [6.07, 6.45) is 3.55. The number of piperidine rings is 1. The minimum Gasteiger partial charge on any atom is -0.459 e. The van der Waals surface area contributed by atoms with Gasteiger partial charge in [-0.1, -0.05) is 29.3 Å². The molecule has 0 spiro atoms. The molecule has 0 unspecified atom stereocenters. The van der Waals surface area contributed by atoms with Crippen LogP contribution in [0.4, 0.5) is 4.79 Å². The lowest BCUT2D eigenvalue weighted by Gasteiger charge is -2.33. The van der Waals surface area contributed by atoms with Crippen molar-refractivity contribution in [3.63, 3.8) is 0 Å². The van der Waals surface area contributed by atoms with E-state index in [1.807, 2.05) is 20.8 Å². The second-order valence-corrected chi connectivity index (χ2v) is 7.95. The maximum atomic E-state index is 12.0. The van der Waals surface area contributed by atoms with Crippen molar-refractivity contribution in [1.29, 1.82) is 0 Å². The topological polar surface area (TPSA) is 55.8 Å². The number of nitrogens with zero attached hydrogens (tertiary/aromatic N) is 1. The van der Waals surface area contributed by atoms with E-state index in [0.29, 0.717) is 41.5 Å².